The highest BCUT2D eigenvalue weighted by Crippen LogP contribution is 2.29. The molecular formula is C21H26N2O2. The topological polar surface area (TPSA) is 64.4 Å². The van der Waals surface area contributed by atoms with Crippen molar-refractivity contribution in [2.75, 3.05) is 26.3 Å². The zero-order valence-electron chi connectivity index (χ0n) is 14.5. The third-order valence-electron chi connectivity index (χ3n) is 5.06. The quantitative estimate of drug-likeness (QED) is 0.851. The van der Waals surface area contributed by atoms with Crippen molar-refractivity contribution in [2.24, 2.45) is 11.1 Å². The minimum absolute atomic E-state index is 0.0671. The highest BCUT2D eigenvalue weighted by atomic mass is 16.5. The molecule has 0 unspecified atom stereocenters. The van der Waals surface area contributed by atoms with Gasteiger partial charge in [-0.1, -0.05) is 54.6 Å². The summed E-state index contributed by atoms with van der Waals surface area (Å²) in [5.41, 5.74) is 9.06. The molecule has 0 aliphatic carbocycles. The summed E-state index contributed by atoms with van der Waals surface area (Å²) in [6, 6.07) is 18.8. The SMILES string of the molecule is NCC1(C(=O)NCCc2cccc(-c3ccccc3)c2)CCOCC1. The fraction of sp³-hybridized carbons (Fsp3) is 0.381. The lowest BCUT2D eigenvalue weighted by Gasteiger charge is -2.34. The van der Waals surface area contributed by atoms with E-state index in [4.69, 9.17) is 10.5 Å². The molecule has 1 heterocycles. The minimum Gasteiger partial charge on any atom is -0.381 e. The van der Waals surface area contributed by atoms with Crippen LogP contribution in [0.5, 0.6) is 0 Å². The molecule has 2 aromatic carbocycles. The van der Waals surface area contributed by atoms with Gasteiger partial charge in [0.2, 0.25) is 5.91 Å². The average molecular weight is 338 g/mol. The highest BCUT2D eigenvalue weighted by molar-refractivity contribution is 5.83. The summed E-state index contributed by atoms with van der Waals surface area (Å²) in [5, 5.41) is 3.08. The lowest BCUT2D eigenvalue weighted by Crippen LogP contribution is -2.49. The second-order valence-corrected chi connectivity index (χ2v) is 6.67. The Morgan fingerprint density at radius 2 is 1.76 bits per heavy atom. The van der Waals surface area contributed by atoms with Crippen LogP contribution >= 0.6 is 0 Å². The van der Waals surface area contributed by atoms with E-state index < -0.39 is 5.41 Å². The first-order valence-electron chi connectivity index (χ1n) is 8.94. The van der Waals surface area contributed by atoms with Gasteiger partial charge < -0.3 is 15.8 Å². The summed E-state index contributed by atoms with van der Waals surface area (Å²) in [6.45, 7) is 2.23. The molecule has 0 bridgehead atoms. The van der Waals surface area contributed by atoms with Crippen molar-refractivity contribution >= 4 is 5.91 Å². The van der Waals surface area contributed by atoms with Gasteiger partial charge in [-0.2, -0.15) is 0 Å². The maximum Gasteiger partial charge on any atom is 0.227 e. The van der Waals surface area contributed by atoms with E-state index in [1.54, 1.807) is 0 Å². The molecule has 1 fully saturated rings. The number of carbonyl (C=O) groups is 1. The summed E-state index contributed by atoms with van der Waals surface area (Å²) >= 11 is 0. The van der Waals surface area contributed by atoms with Gasteiger partial charge in [0.05, 0.1) is 5.41 Å². The molecule has 4 nitrogen and oxygen atoms in total. The van der Waals surface area contributed by atoms with Crippen LogP contribution in [0, 0.1) is 5.41 Å². The van der Waals surface area contributed by atoms with Gasteiger partial charge in [-0.25, -0.2) is 0 Å². The molecule has 25 heavy (non-hydrogen) atoms. The van der Waals surface area contributed by atoms with Crippen LogP contribution in [0.15, 0.2) is 54.6 Å². The number of carbonyl (C=O) groups excluding carboxylic acids is 1. The number of hydrogen-bond acceptors (Lipinski definition) is 3. The molecule has 132 valence electrons. The van der Waals surface area contributed by atoms with Crippen molar-refractivity contribution in [3.8, 4) is 11.1 Å². The minimum atomic E-state index is -0.454. The van der Waals surface area contributed by atoms with Crippen LogP contribution in [-0.4, -0.2) is 32.2 Å². The van der Waals surface area contributed by atoms with Crippen LogP contribution in [0.2, 0.25) is 0 Å². The molecule has 0 radical (unpaired) electrons. The van der Waals surface area contributed by atoms with Crippen LogP contribution in [0.1, 0.15) is 18.4 Å². The maximum absolute atomic E-state index is 12.6. The molecule has 3 N–H and O–H groups in total. The standard InChI is InChI=1S/C21H26N2O2/c22-16-21(10-13-25-14-11-21)20(24)23-12-9-17-5-4-8-19(15-17)18-6-2-1-3-7-18/h1-8,15H,9-14,16,22H2,(H,23,24). The lowest BCUT2D eigenvalue weighted by molar-refractivity contribution is -0.135. The summed E-state index contributed by atoms with van der Waals surface area (Å²) < 4.78 is 5.37. The molecule has 0 saturated carbocycles. The second kappa shape index (κ2) is 8.28. The molecule has 1 aliphatic rings. The van der Waals surface area contributed by atoms with E-state index >= 15 is 0 Å². The number of rotatable bonds is 6. The van der Waals surface area contributed by atoms with Crippen LogP contribution in [0.4, 0.5) is 0 Å². The molecule has 3 rings (SSSR count). The van der Waals surface area contributed by atoms with Crippen LogP contribution in [-0.2, 0) is 16.0 Å². The first-order chi connectivity index (χ1) is 12.2. The number of benzene rings is 2. The van der Waals surface area contributed by atoms with Gasteiger partial charge in [0, 0.05) is 26.3 Å². The lowest BCUT2D eigenvalue weighted by atomic mass is 9.79. The average Bonchev–Trinajstić information content (AvgIpc) is 2.69. The normalized spacial score (nSPS) is 16.4. The van der Waals surface area contributed by atoms with Gasteiger partial charge in [-0.3, -0.25) is 4.79 Å². The third kappa shape index (κ3) is 4.27. The number of ether oxygens (including phenoxy) is 1. The fourth-order valence-corrected chi connectivity index (χ4v) is 3.33. The Labute approximate surface area is 149 Å². The Kier molecular flexibility index (Phi) is 5.84. The van der Waals surface area contributed by atoms with E-state index in [2.05, 4.69) is 41.7 Å². The molecule has 1 aliphatic heterocycles. The Morgan fingerprint density at radius 3 is 2.48 bits per heavy atom. The van der Waals surface area contributed by atoms with Crippen LogP contribution < -0.4 is 11.1 Å². The highest BCUT2D eigenvalue weighted by Gasteiger charge is 2.38. The van der Waals surface area contributed by atoms with Gasteiger partial charge >= 0.3 is 0 Å². The monoisotopic (exact) mass is 338 g/mol. The van der Waals surface area contributed by atoms with Crippen molar-refractivity contribution in [3.63, 3.8) is 0 Å². The van der Waals surface area contributed by atoms with Gasteiger partial charge in [-0.15, -0.1) is 0 Å². The van der Waals surface area contributed by atoms with E-state index in [1.807, 2.05) is 18.2 Å². The number of nitrogens with one attached hydrogen (secondary N) is 1. The van der Waals surface area contributed by atoms with Gasteiger partial charge in [0.1, 0.15) is 0 Å². The second-order valence-electron chi connectivity index (χ2n) is 6.67. The molecule has 4 heteroatoms. The van der Waals surface area contributed by atoms with Crippen LogP contribution in [0.25, 0.3) is 11.1 Å². The number of hydrogen-bond donors (Lipinski definition) is 2. The Balaban J connectivity index is 1.58. The Hall–Kier alpha value is -2.17. The Morgan fingerprint density at radius 1 is 1.04 bits per heavy atom. The van der Waals surface area contributed by atoms with Crippen LogP contribution in [0.3, 0.4) is 0 Å². The largest absolute Gasteiger partial charge is 0.381 e. The van der Waals surface area contributed by atoms with Crippen molar-refractivity contribution in [2.45, 2.75) is 19.3 Å². The fourth-order valence-electron chi connectivity index (χ4n) is 3.33. The molecular weight excluding hydrogens is 312 g/mol. The predicted octanol–water partition coefficient (Wildman–Crippen LogP) is 2.77. The van der Waals surface area contributed by atoms with Gasteiger partial charge in [0.15, 0.2) is 0 Å². The van der Waals surface area contributed by atoms with Crippen molar-refractivity contribution < 1.29 is 9.53 Å². The summed E-state index contributed by atoms with van der Waals surface area (Å²) in [7, 11) is 0. The van der Waals surface area contributed by atoms with Crippen molar-refractivity contribution in [1.82, 2.24) is 5.32 Å². The number of nitrogens with two attached hydrogens (primary N) is 1. The first kappa shape index (κ1) is 17.6. The third-order valence-corrected chi connectivity index (χ3v) is 5.06. The molecule has 2 aromatic rings. The maximum atomic E-state index is 12.6. The number of amides is 1. The zero-order valence-corrected chi connectivity index (χ0v) is 14.5. The van der Waals surface area contributed by atoms with Gasteiger partial charge in [0.25, 0.3) is 0 Å². The van der Waals surface area contributed by atoms with Crippen molar-refractivity contribution in [1.29, 1.82) is 0 Å². The molecule has 0 aromatic heterocycles. The first-order valence-corrected chi connectivity index (χ1v) is 8.94. The molecule has 1 saturated heterocycles. The summed E-state index contributed by atoms with van der Waals surface area (Å²) in [5.74, 6) is 0.0671. The van der Waals surface area contributed by atoms with E-state index in [0.29, 0.717) is 39.1 Å². The van der Waals surface area contributed by atoms with E-state index in [-0.39, 0.29) is 5.91 Å². The zero-order chi connectivity index (χ0) is 17.5. The summed E-state index contributed by atoms with van der Waals surface area (Å²) in [6.07, 6.45) is 2.22. The smallest absolute Gasteiger partial charge is 0.227 e. The van der Waals surface area contributed by atoms with Crippen molar-refractivity contribution in [3.05, 3.63) is 60.2 Å². The van der Waals surface area contributed by atoms with E-state index in [1.165, 1.54) is 16.7 Å². The van der Waals surface area contributed by atoms with E-state index in [0.717, 1.165) is 6.42 Å². The Bertz CT molecular complexity index is 694. The predicted molar refractivity (Wildman–Crippen MR) is 100 cm³/mol. The molecule has 0 spiro atoms. The molecule has 1 amide bonds. The molecule has 0 atom stereocenters. The van der Waals surface area contributed by atoms with E-state index in [9.17, 15) is 4.79 Å². The van der Waals surface area contributed by atoms with Gasteiger partial charge in [-0.05, 0) is 36.0 Å². The summed E-state index contributed by atoms with van der Waals surface area (Å²) in [4.78, 5) is 12.6.